The van der Waals surface area contributed by atoms with Gasteiger partial charge in [-0.2, -0.15) is 13.2 Å². The number of nitrogens with zero attached hydrogens (tertiary/aromatic N) is 2. The van der Waals surface area contributed by atoms with Crippen LogP contribution in [0.15, 0.2) is 47.4 Å². The fourth-order valence-corrected chi connectivity index (χ4v) is 2.32. The second kappa shape index (κ2) is 8.18. The van der Waals surface area contributed by atoms with E-state index in [4.69, 9.17) is 0 Å². The molecule has 26 heavy (non-hydrogen) atoms. The van der Waals surface area contributed by atoms with E-state index < -0.39 is 23.2 Å². The van der Waals surface area contributed by atoms with E-state index in [0.717, 1.165) is 12.1 Å². The molecule has 0 saturated carbocycles. The van der Waals surface area contributed by atoms with E-state index in [9.17, 15) is 22.8 Å². The van der Waals surface area contributed by atoms with Crippen LogP contribution in [0.2, 0.25) is 0 Å². The van der Waals surface area contributed by atoms with Gasteiger partial charge in [-0.05, 0) is 43.9 Å². The molecule has 0 aliphatic rings. The van der Waals surface area contributed by atoms with Crippen LogP contribution < -0.4 is 10.9 Å². The van der Waals surface area contributed by atoms with Crippen molar-refractivity contribution >= 4 is 5.91 Å². The zero-order valence-corrected chi connectivity index (χ0v) is 14.5. The Labute approximate surface area is 149 Å². The molecule has 0 spiro atoms. The number of benzene rings is 1. The van der Waals surface area contributed by atoms with Crippen molar-refractivity contribution in [1.29, 1.82) is 0 Å². The predicted octanol–water partition coefficient (Wildman–Crippen LogP) is 2.21. The second-order valence-corrected chi connectivity index (χ2v) is 6.11. The molecule has 1 heterocycles. The third kappa shape index (κ3) is 5.19. The van der Waals surface area contributed by atoms with Crippen LogP contribution in [-0.4, -0.2) is 42.6 Å². The summed E-state index contributed by atoms with van der Waals surface area (Å²) in [6, 6.07) is 7.57. The molecule has 0 atom stereocenters. The molecular formula is C18H20F3N3O2. The van der Waals surface area contributed by atoms with Crippen molar-refractivity contribution in [3.8, 4) is 0 Å². The van der Waals surface area contributed by atoms with Gasteiger partial charge in [-0.15, -0.1) is 0 Å². The van der Waals surface area contributed by atoms with Gasteiger partial charge >= 0.3 is 6.18 Å². The number of halogens is 3. The Morgan fingerprint density at radius 3 is 2.38 bits per heavy atom. The van der Waals surface area contributed by atoms with Crippen molar-refractivity contribution in [2.75, 3.05) is 27.2 Å². The van der Waals surface area contributed by atoms with Crippen LogP contribution in [0.1, 0.15) is 21.5 Å². The Hall–Kier alpha value is -2.61. The average molecular weight is 367 g/mol. The molecule has 2 rings (SSSR count). The first-order valence-electron chi connectivity index (χ1n) is 7.97. The number of carbonyl (C=O) groups excluding carboxylic acids is 1. The highest BCUT2D eigenvalue weighted by molar-refractivity contribution is 5.93. The maximum Gasteiger partial charge on any atom is 0.416 e. The summed E-state index contributed by atoms with van der Waals surface area (Å²) in [7, 11) is 3.73. The smallest absolute Gasteiger partial charge is 0.351 e. The van der Waals surface area contributed by atoms with Crippen molar-refractivity contribution in [3.05, 3.63) is 69.6 Å². The Morgan fingerprint density at radius 1 is 1.15 bits per heavy atom. The maximum absolute atomic E-state index is 12.6. The number of nitrogens with one attached hydrogen (secondary N) is 1. The molecule has 8 heteroatoms. The zero-order valence-electron chi connectivity index (χ0n) is 14.5. The fourth-order valence-electron chi connectivity index (χ4n) is 2.32. The summed E-state index contributed by atoms with van der Waals surface area (Å²) in [5, 5.41) is 2.67. The molecule has 140 valence electrons. The summed E-state index contributed by atoms with van der Waals surface area (Å²) in [5.41, 5.74) is -0.708. The van der Waals surface area contributed by atoms with Gasteiger partial charge in [0.25, 0.3) is 11.5 Å². The topological polar surface area (TPSA) is 54.3 Å². The normalized spacial score (nSPS) is 11.6. The summed E-state index contributed by atoms with van der Waals surface area (Å²) in [4.78, 5) is 26.5. The molecule has 1 amide bonds. The van der Waals surface area contributed by atoms with Gasteiger partial charge in [0.15, 0.2) is 0 Å². The molecule has 0 fully saturated rings. The van der Waals surface area contributed by atoms with E-state index in [-0.39, 0.29) is 12.1 Å². The number of aromatic nitrogens is 1. The minimum atomic E-state index is -4.40. The van der Waals surface area contributed by atoms with Gasteiger partial charge < -0.3 is 14.8 Å². The number of hydrogen-bond acceptors (Lipinski definition) is 3. The summed E-state index contributed by atoms with van der Waals surface area (Å²) >= 11 is 0. The van der Waals surface area contributed by atoms with Gasteiger partial charge in [0.1, 0.15) is 5.56 Å². The average Bonchev–Trinajstić information content (AvgIpc) is 2.56. The van der Waals surface area contributed by atoms with E-state index in [1.165, 1.54) is 29.0 Å². The number of likely N-dealkylation sites (N-methyl/N-ethyl adjacent to an activating group) is 1. The van der Waals surface area contributed by atoms with E-state index >= 15 is 0 Å². The fraction of sp³-hybridized carbons (Fsp3) is 0.333. The number of rotatable bonds is 6. The van der Waals surface area contributed by atoms with Gasteiger partial charge in [-0.1, -0.05) is 12.1 Å². The lowest BCUT2D eigenvalue weighted by atomic mass is 10.1. The van der Waals surface area contributed by atoms with Gasteiger partial charge in [-0.3, -0.25) is 9.59 Å². The van der Waals surface area contributed by atoms with Crippen LogP contribution in [0, 0.1) is 0 Å². The highest BCUT2D eigenvalue weighted by Gasteiger charge is 2.29. The molecule has 0 saturated heterocycles. The first-order chi connectivity index (χ1) is 12.2. The molecule has 0 aliphatic heterocycles. The Morgan fingerprint density at radius 2 is 1.81 bits per heavy atom. The van der Waals surface area contributed by atoms with E-state index in [2.05, 4.69) is 5.32 Å². The Kier molecular flexibility index (Phi) is 6.20. The molecule has 0 aliphatic carbocycles. The van der Waals surface area contributed by atoms with Crippen molar-refractivity contribution < 1.29 is 18.0 Å². The first kappa shape index (κ1) is 19.7. The van der Waals surface area contributed by atoms with Crippen LogP contribution >= 0.6 is 0 Å². The molecule has 1 aromatic heterocycles. The molecule has 0 bridgehead atoms. The second-order valence-electron chi connectivity index (χ2n) is 6.11. The molecule has 1 aromatic carbocycles. The number of pyridine rings is 1. The van der Waals surface area contributed by atoms with Crippen molar-refractivity contribution in [2.24, 2.45) is 0 Å². The van der Waals surface area contributed by atoms with Gasteiger partial charge in [0.2, 0.25) is 0 Å². The van der Waals surface area contributed by atoms with Crippen LogP contribution in [0.4, 0.5) is 13.2 Å². The first-order valence-corrected chi connectivity index (χ1v) is 7.97. The van der Waals surface area contributed by atoms with Crippen LogP contribution in [0.25, 0.3) is 0 Å². The lowest BCUT2D eigenvalue weighted by Crippen LogP contribution is -2.36. The minimum absolute atomic E-state index is 0.00170. The number of alkyl halides is 3. The zero-order chi connectivity index (χ0) is 19.3. The van der Waals surface area contributed by atoms with Crippen molar-refractivity contribution in [3.63, 3.8) is 0 Å². The highest BCUT2D eigenvalue weighted by atomic mass is 19.4. The van der Waals surface area contributed by atoms with Gasteiger partial charge in [-0.25, -0.2) is 0 Å². The molecule has 0 radical (unpaired) electrons. The van der Waals surface area contributed by atoms with E-state index in [1.807, 2.05) is 19.0 Å². The largest absolute Gasteiger partial charge is 0.416 e. The maximum atomic E-state index is 12.6. The van der Waals surface area contributed by atoms with E-state index in [1.54, 1.807) is 6.07 Å². The van der Waals surface area contributed by atoms with Crippen molar-refractivity contribution in [2.45, 2.75) is 12.7 Å². The van der Waals surface area contributed by atoms with Crippen molar-refractivity contribution in [1.82, 2.24) is 14.8 Å². The minimum Gasteiger partial charge on any atom is -0.351 e. The van der Waals surface area contributed by atoms with Crippen LogP contribution in [0.3, 0.4) is 0 Å². The summed E-state index contributed by atoms with van der Waals surface area (Å²) in [5.74, 6) is -0.474. The SMILES string of the molecule is CN(C)CCNC(=O)c1cccn(Cc2ccc(C(F)(F)F)cc2)c1=O. The summed E-state index contributed by atoms with van der Waals surface area (Å²) in [6.07, 6.45) is -2.91. The van der Waals surface area contributed by atoms with Crippen LogP contribution in [0.5, 0.6) is 0 Å². The molecule has 2 aromatic rings. The Bertz CT molecular complexity index is 812. The lowest BCUT2D eigenvalue weighted by Gasteiger charge is -2.12. The Balaban J connectivity index is 2.14. The summed E-state index contributed by atoms with van der Waals surface area (Å²) < 4.78 is 39.1. The molecule has 0 unspecified atom stereocenters. The van der Waals surface area contributed by atoms with Gasteiger partial charge in [0, 0.05) is 19.3 Å². The number of hydrogen-bond donors (Lipinski definition) is 1. The molecule has 1 N–H and O–H groups in total. The molecule has 5 nitrogen and oxygen atoms in total. The third-order valence-corrected chi connectivity index (χ3v) is 3.74. The van der Waals surface area contributed by atoms with Crippen LogP contribution in [-0.2, 0) is 12.7 Å². The number of carbonyl (C=O) groups is 1. The monoisotopic (exact) mass is 367 g/mol. The lowest BCUT2D eigenvalue weighted by molar-refractivity contribution is -0.137. The number of amides is 1. The molecular weight excluding hydrogens is 347 g/mol. The quantitative estimate of drug-likeness (QED) is 0.852. The van der Waals surface area contributed by atoms with Gasteiger partial charge in [0.05, 0.1) is 12.1 Å². The highest BCUT2D eigenvalue weighted by Crippen LogP contribution is 2.29. The van der Waals surface area contributed by atoms with E-state index in [0.29, 0.717) is 18.7 Å². The summed E-state index contributed by atoms with van der Waals surface area (Å²) in [6.45, 7) is 1.12. The standard InChI is InChI=1S/C18H20F3N3O2/c1-23(2)11-9-22-16(25)15-4-3-10-24(17(15)26)12-13-5-7-14(8-6-13)18(19,20)21/h3-8,10H,9,11-12H2,1-2H3,(H,22,25). The third-order valence-electron chi connectivity index (χ3n) is 3.74. The predicted molar refractivity (Wildman–Crippen MR) is 92.1 cm³/mol.